The molecule has 78 valence electrons. The molecule has 0 fully saturated rings. The van der Waals surface area contributed by atoms with Crippen molar-refractivity contribution in [3.63, 3.8) is 0 Å². The largest absolute Gasteiger partial charge is 0.426 e. The van der Waals surface area contributed by atoms with E-state index in [0.717, 1.165) is 18.2 Å². The van der Waals surface area contributed by atoms with Crippen LogP contribution in [0.15, 0.2) is 24.3 Å². The second-order valence-electron chi connectivity index (χ2n) is 2.51. The standard InChI is InChI=1S/C9H4F3NO2/c1-13-15-8(14)6-4-2-3-5-7(6)9(10,11)12/h2-5H. The molecule has 0 amide bonds. The Balaban J connectivity index is 3.20. The van der Waals surface area contributed by atoms with E-state index in [1.165, 1.54) is 6.07 Å². The topological polar surface area (TPSA) is 30.7 Å². The normalized spacial score (nSPS) is 10.5. The van der Waals surface area contributed by atoms with Crippen LogP contribution < -0.4 is 0 Å². The quantitative estimate of drug-likeness (QED) is 0.532. The van der Waals surface area contributed by atoms with Crippen molar-refractivity contribution >= 4 is 5.97 Å². The first-order valence-corrected chi connectivity index (χ1v) is 3.71. The zero-order valence-corrected chi connectivity index (χ0v) is 7.21. The Morgan fingerprint density at radius 1 is 1.33 bits per heavy atom. The number of rotatable bonds is 1. The van der Waals surface area contributed by atoms with Crippen LogP contribution in [0.5, 0.6) is 0 Å². The molecular formula is C9H4F3NO2. The monoisotopic (exact) mass is 215 g/mol. The van der Waals surface area contributed by atoms with Gasteiger partial charge in [0.05, 0.1) is 11.1 Å². The predicted octanol–water partition coefficient (Wildman–Crippen LogP) is 2.70. The minimum atomic E-state index is -4.64. The Kier molecular flexibility index (Phi) is 2.95. The second-order valence-corrected chi connectivity index (χ2v) is 2.51. The smallest absolute Gasteiger partial charge is 0.237 e. The zero-order chi connectivity index (χ0) is 11.5. The molecule has 0 atom stereocenters. The van der Waals surface area contributed by atoms with Gasteiger partial charge < -0.3 is 0 Å². The molecule has 0 aliphatic rings. The highest BCUT2D eigenvalue weighted by atomic mass is 19.4. The lowest BCUT2D eigenvalue weighted by atomic mass is 10.1. The maximum absolute atomic E-state index is 12.4. The van der Waals surface area contributed by atoms with Crippen LogP contribution in [0.3, 0.4) is 0 Å². The molecule has 0 heterocycles. The van der Waals surface area contributed by atoms with E-state index in [1.54, 1.807) is 0 Å². The molecule has 0 aliphatic carbocycles. The lowest BCUT2D eigenvalue weighted by Crippen LogP contribution is -2.13. The minimum absolute atomic E-state index is 0.666. The highest BCUT2D eigenvalue weighted by Gasteiger charge is 2.36. The molecular weight excluding hydrogens is 211 g/mol. The summed E-state index contributed by atoms with van der Waals surface area (Å²) < 4.78 is 37.1. The van der Waals surface area contributed by atoms with Crippen molar-refractivity contribution in [2.45, 2.75) is 6.18 Å². The van der Waals surface area contributed by atoms with E-state index in [2.05, 4.69) is 9.85 Å². The van der Waals surface area contributed by atoms with Gasteiger partial charge in [-0.25, -0.2) is 4.79 Å². The van der Waals surface area contributed by atoms with Crippen LogP contribution in [-0.4, -0.2) is 5.97 Å². The number of alkyl halides is 3. The van der Waals surface area contributed by atoms with Gasteiger partial charge >= 0.3 is 12.1 Å². The van der Waals surface area contributed by atoms with Crippen LogP contribution in [-0.2, 0) is 11.0 Å². The lowest BCUT2D eigenvalue weighted by molar-refractivity contribution is -0.138. The van der Waals surface area contributed by atoms with Crippen molar-refractivity contribution in [1.82, 2.24) is 0 Å². The van der Waals surface area contributed by atoms with Gasteiger partial charge in [0, 0.05) is 0 Å². The molecule has 0 radical (unpaired) electrons. The summed E-state index contributed by atoms with van der Waals surface area (Å²) in [7, 11) is 0. The summed E-state index contributed by atoms with van der Waals surface area (Å²) >= 11 is 0. The Bertz CT molecular complexity index is 420. The highest BCUT2D eigenvalue weighted by Crippen LogP contribution is 2.32. The summed E-state index contributed by atoms with van der Waals surface area (Å²) in [5, 5.41) is 2.27. The van der Waals surface area contributed by atoms with Gasteiger partial charge in [-0.3, -0.25) is 0 Å². The van der Waals surface area contributed by atoms with Crippen molar-refractivity contribution < 1.29 is 22.8 Å². The Morgan fingerprint density at radius 2 is 1.93 bits per heavy atom. The van der Waals surface area contributed by atoms with Gasteiger partial charge in [-0.15, -0.1) is 4.84 Å². The minimum Gasteiger partial charge on any atom is -0.237 e. The van der Waals surface area contributed by atoms with E-state index < -0.39 is 23.3 Å². The van der Waals surface area contributed by atoms with Gasteiger partial charge in [0.25, 0.3) is 0 Å². The van der Waals surface area contributed by atoms with Crippen molar-refractivity contribution in [2.75, 3.05) is 0 Å². The maximum Gasteiger partial charge on any atom is 0.426 e. The summed E-state index contributed by atoms with van der Waals surface area (Å²) in [6.45, 7) is 6.21. The molecule has 0 unspecified atom stereocenters. The van der Waals surface area contributed by atoms with E-state index in [-0.39, 0.29) is 0 Å². The number of nitrogens with zero attached hydrogens (tertiary/aromatic N) is 1. The zero-order valence-electron chi connectivity index (χ0n) is 7.21. The number of carbonyl (C=O) groups is 1. The molecule has 0 N–H and O–H groups in total. The molecule has 3 nitrogen and oxygen atoms in total. The molecule has 0 bridgehead atoms. The van der Waals surface area contributed by atoms with Crippen molar-refractivity contribution in [2.24, 2.45) is 0 Å². The summed E-state index contributed by atoms with van der Waals surface area (Å²) in [6, 6.07) is 4.12. The van der Waals surface area contributed by atoms with Gasteiger partial charge in [0.2, 0.25) is 0 Å². The van der Waals surface area contributed by atoms with E-state index in [4.69, 9.17) is 6.57 Å². The average Bonchev–Trinajstić information content (AvgIpc) is 2.17. The van der Waals surface area contributed by atoms with Gasteiger partial charge in [-0.1, -0.05) is 12.1 Å². The molecule has 0 saturated heterocycles. The molecule has 0 spiro atoms. The van der Waals surface area contributed by atoms with Gasteiger partial charge in [-0.2, -0.15) is 19.7 Å². The first-order chi connectivity index (χ1) is 6.96. The van der Waals surface area contributed by atoms with E-state index in [1.807, 2.05) is 0 Å². The van der Waals surface area contributed by atoms with Crippen LogP contribution in [0, 0.1) is 6.57 Å². The first kappa shape index (κ1) is 11.0. The summed E-state index contributed by atoms with van der Waals surface area (Å²) in [6.07, 6.45) is -4.64. The highest BCUT2D eigenvalue weighted by molar-refractivity contribution is 5.91. The third-order valence-electron chi connectivity index (χ3n) is 1.58. The fourth-order valence-corrected chi connectivity index (χ4v) is 0.999. The summed E-state index contributed by atoms with van der Waals surface area (Å²) in [5.74, 6) is -1.31. The van der Waals surface area contributed by atoms with E-state index >= 15 is 0 Å². The lowest BCUT2D eigenvalue weighted by Gasteiger charge is -2.08. The van der Waals surface area contributed by atoms with E-state index in [0.29, 0.717) is 0 Å². The predicted molar refractivity (Wildman–Crippen MR) is 43.5 cm³/mol. The maximum atomic E-state index is 12.4. The van der Waals surface area contributed by atoms with Crippen LogP contribution >= 0.6 is 0 Å². The third-order valence-corrected chi connectivity index (χ3v) is 1.58. The number of benzene rings is 1. The number of hydrogen-bond donors (Lipinski definition) is 0. The van der Waals surface area contributed by atoms with E-state index in [9.17, 15) is 18.0 Å². The molecule has 1 aromatic carbocycles. The van der Waals surface area contributed by atoms with Gasteiger partial charge in [-0.05, 0) is 17.1 Å². The SMILES string of the molecule is [C-]#[N+]OC(=O)c1ccccc1C(F)(F)F. The molecule has 0 saturated carbocycles. The fourth-order valence-electron chi connectivity index (χ4n) is 0.999. The Morgan fingerprint density at radius 3 is 2.47 bits per heavy atom. The third kappa shape index (κ3) is 2.47. The van der Waals surface area contributed by atoms with Crippen LogP contribution in [0.1, 0.15) is 15.9 Å². The van der Waals surface area contributed by atoms with Crippen LogP contribution in [0.4, 0.5) is 13.2 Å². The number of hydrogen-bond acceptors (Lipinski definition) is 2. The van der Waals surface area contributed by atoms with Crippen molar-refractivity contribution in [1.29, 1.82) is 0 Å². The average molecular weight is 215 g/mol. The summed E-state index contributed by atoms with van der Waals surface area (Å²) in [4.78, 5) is 14.8. The molecule has 0 aromatic heterocycles. The van der Waals surface area contributed by atoms with Gasteiger partial charge in [0.1, 0.15) is 0 Å². The fraction of sp³-hybridized carbons (Fsp3) is 0.111. The summed E-state index contributed by atoms with van der Waals surface area (Å²) in [5.41, 5.74) is -1.78. The number of carbonyl (C=O) groups excluding carboxylic acids is 1. The molecule has 6 heteroatoms. The van der Waals surface area contributed by atoms with Crippen LogP contribution in [0.2, 0.25) is 0 Å². The Labute approximate surface area is 82.9 Å². The van der Waals surface area contributed by atoms with Gasteiger partial charge in [0.15, 0.2) is 0 Å². The Hall–Kier alpha value is -2.03. The first-order valence-electron chi connectivity index (χ1n) is 3.71. The second kappa shape index (κ2) is 4.00. The molecule has 15 heavy (non-hydrogen) atoms. The molecule has 1 rings (SSSR count). The molecule has 1 aromatic rings. The van der Waals surface area contributed by atoms with Crippen molar-refractivity contribution in [3.8, 4) is 0 Å². The molecule has 0 aliphatic heterocycles. The van der Waals surface area contributed by atoms with Crippen molar-refractivity contribution in [3.05, 3.63) is 47.0 Å². The van der Waals surface area contributed by atoms with Crippen LogP contribution in [0.25, 0.3) is 5.01 Å². The number of halogens is 3.